The topological polar surface area (TPSA) is 38.5 Å². The Morgan fingerprint density at radius 3 is 2.75 bits per heavy atom. The Bertz CT molecular complexity index is 440. The molecule has 3 nitrogen and oxygen atoms in total. The first-order chi connectivity index (χ1) is 9.81. The molecule has 1 aliphatic carbocycles. The Labute approximate surface area is 122 Å². The number of nitrogens with two attached hydrogens (primary N) is 1. The van der Waals surface area contributed by atoms with Crippen LogP contribution in [0.15, 0.2) is 24.3 Å². The van der Waals surface area contributed by atoms with Gasteiger partial charge in [-0.2, -0.15) is 0 Å². The van der Waals surface area contributed by atoms with Crippen LogP contribution in [0.2, 0.25) is 0 Å². The zero-order valence-corrected chi connectivity index (χ0v) is 12.3. The van der Waals surface area contributed by atoms with Gasteiger partial charge in [-0.25, -0.2) is 0 Å². The van der Waals surface area contributed by atoms with Gasteiger partial charge in [-0.05, 0) is 30.9 Å². The average Bonchev–Trinajstić information content (AvgIpc) is 2.69. The van der Waals surface area contributed by atoms with Gasteiger partial charge in [-0.15, -0.1) is 0 Å². The predicted octanol–water partition coefficient (Wildman–Crippen LogP) is 2.79. The van der Waals surface area contributed by atoms with E-state index in [0.717, 1.165) is 38.5 Å². The lowest BCUT2D eigenvalue weighted by Crippen LogP contribution is -2.44. The zero-order chi connectivity index (χ0) is 13.8. The Morgan fingerprint density at radius 2 is 1.95 bits per heavy atom. The van der Waals surface area contributed by atoms with E-state index in [0.29, 0.717) is 5.41 Å². The Morgan fingerprint density at radius 1 is 1.15 bits per heavy atom. The molecule has 2 aliphatic rings. The van der Waals surface area contributed by atoms with Crippen LogP contribution in [0.3, 0.4) is 0 Å². The van der Waals surface area contributed by atoms with E-state index in [4.69, 9.17) is 10.5 Å². The van der Waals surface area contributed by atoms with Gasteiger partial charge in [0.15, 0.2) is 0 Å². The molecule has 3 heteroatoms. The number of para-hydroxylation sites is 1. The van der Waals surface area contributed by atoms with E-state index < -0.39 is 0 Å². The molecule has 0 bridgehead atoms. The summed E-state index contributed by atoms with van der Waals surface area (Å²) in [5.74, 6) is 1.06. The van der Waals surface area contributed by atoms with E-state index in [9.17, 15) is 0 Å². The van der Waals surface area contributed by atoms with Gasteiger partial charge in [0.05, 0.1) is 0 Å². The van der Waals surface area contributed by atoms with Crippen LogP contribution in [-0.2, 0) is 6.54 Å². The molecule has 1 heterocycles. The molecule has 0 aromatic heterocycles. The monoisotopic (exact) mass is 274 g/mol. The lowest BCUT2D eigenvalue weighted by molar-refractivity contribution is 0.102. The van der Waals surface area contributed by atoms with Gasteiger partial charge in [0, 0.05) is 25.2 Å². The van der Waals surface area contributed by atoms with Crippen molar-refractivity contribution < 1.29 is 4.74 Å². The Balaban J connectivity index is 1.71. The quantitative estimate of drug-likeness (QED) is 0.921. The number of hydrogen-bond donors (Lipinski definition) is 1. The fourth-order valence-electron chi connectivity index (χ4n) is 3.72. The molecule has 2 N–H and O–H groups in total. The van der Waals surface area contributed by atoms with Crippen LogP contribution in [0.1, 0.15) is 37.7 Å². The molecule has 0 atom stereocenters. The van der Waals surface area contributed by atoms with E-state index >= 15 is 0 Å². The normalized spacial score (nSPS) is 22.6. The number of ether oxygens (including phenoxy) is 1. The molecular weight excluding hydrogens is 248 g/mol. The highest BCUT2D eigenvalue weighted by Crippen LogP contribution is 2.37. The molecule has 0 amide bonds. The molecule has 0 saturated heterocycles. The van der Waals surface area contributed by atoms with Crippen LogP contribution in [-0.4, -0.2) is 31.1 Å². The molecule has 1 saturated carbocycles. The van der Waals surface area contributed by atoms with Gasteiger partial charge in [-0.3, -0.25) is 4.90 Å². The summed E-state index contributed by atoms with van der Waals surface area (Å²) in [5.41, 5.74) is 7.79. The van der Waals surface area contributed by atoms with E-state index in [2.05, 4.69) is 29.2 Å². The van der Waals surface area contributed by atoms with Gasteiger partial charge >= 0.3 is 0 Å². The van der Waals surface area contributed by atoms with Crippen LogP contribution < -0.4 is 10.5 Å². The summed E-state index contributed by atoms with van der Waals surface area (Å²) in [7, 11) is 0. The van der Waals surface area contributed by atoms with E-state index in [1.54, 1.807) is 0 Å². The smallest absolute Gasteiger partial charge is 0.123 e. The molecule has 20 heavy (non-hydrogen) atoms. The minimum absolute atomic E-state index is 0.345. The lowest BCUT2D eigenvalue weighted by atomic mass is 9.73. The van der Waals surface area contributed by atoms with E-state index in [1.807, 2.05) is 0 Å². The Kier molecular flexibility index (Phi) is 4.27. The van der Waals surface area contributed by atoms with Crippen molar-refractivity contribution in [3.8, 4) is 5.75 Å². The molecule has 1 aromatic rings. The average molecular weight is 274 g/mol. The third-order valence-electron chi connectivity index (χ3n) is 4.94. The van der Waals surface area contributed by atoms with Gasteiger partial charge < -0.3 is 10.5 Å². The highest BCUT2D eigenvalue weighted by molar-refractivity contribution is 5.33. The second-order valence-electron chi connectivity index (χ2n) is 6.43. The minimum atomic E-state index is 0.345. The third-order valence-corrected chi connectivity index (χ3v) is 4.94. The van der Waals surface area contributed by atoms with Gasteiger partial charge in [0.2, 0.25) is 0 Å². The molecule has 0 radical (unpaired) electrons. The summed E-state index contributed by atoms with van der Waals surface area (Å²) in [6.45, 7) is 4.75. The highest BCUT2D eigenvalue weighted by Gasteiger charge is 2.33. The van der Waals surface area contributed by atoms with Crippen molar-refractivity contribution in [3.05, 3.63) is 29.8 Å². The second-order valence-corrected chi connectivity index (χ2v) is 6.43. The molecule has 0 unspecified atom stereocenters. The number of rotatable bonds is 3. The third kappa shape index (κ3) is 2.99. The summed E-state index contributed by atoms with van der Waals surface area (Å²) in [6.07, 6.45) is 6.66. The molecule has 1 aromatic carbocycles. The van der Waals surface area contributed by atoms with Gasteiger partial charge in [0.1, 0.15) is 12.4 Å². The molecule has 1 aliphatic heterocycles. The van der Waals surface area contributed by atoms with Crippen molar-refractivity contribution in [1.82, 2.24) is 4.90 Å². The molecule has 110 valence electrons. The van der Waals surface area contributed by atoms with Crippen molar-refractivity contribution in [1.29, 1.82) is 0 Å². The highest BCUT2D eigenvalue weighted by atomic mass is 16.5. The van der Waals surface area contributed by atoms with Gasteiger partial charge in [-0.1, -0.05) is 37.5 Å². The van der Waals surface area contributed by atoms with Crippen molar-refractivity contribution in [3.63, 3.8) is 0 Å². The predicted molar refractivity (Wildman–Crippen MR) is 81.8 cm³/mol. The first-order valence-corrected chi connectivity index (χ1v) is 7.94. The summed E-state index contributed by atoms with van der Waals surface area (Å²) in [4.78, 5) is 2.55. The van der Waals surface area contributed by atoms with Crippen molar-refractivity contribution >= 4 is 0 Å². The SMILES string of the molecule is NCC1(CN2CCOc3ccccc3C2)CCCCC1. The van der Waals surface area contributed by atoms with Crippen LogP contribution in [0.5, 0.6) is 5.75 Å². The van der Waals surface area contributed by atoms with Crippen LogP contribution in [0.4, 0.5) is 0 Å². The van der Waals surface area contributed by atoms with Crippen LogP contribution in [0, 0.1) is 5.41 Å². The maximum absolute atomic E-state index is 6.13. The zero-order valence-electron chi connectivity index (χ0n) is 12.3. The van der Waals surface area contributed by atoms with Crippen LogP contribution in [0.25, 0.3) is 0 Å². The molecule has 1 fully saturated rings. The van der Waals surface area contributed by atoms with Crippen molar-refractivity contribution in [2.45, 2.75) is 38.6 Å². The minimum Gasteiger partial charge on any atom is -0.492 e. The lowest BCUT2D eigenvalue weighted by Gasteiger charge is -2.40. The second kappa shape index (κ2) is 6.15. The number of nitrogens with zero attached hydrogens (tertiary/aromatic N) is 1. The fourth-order valence-corrected chi connectivity index (χ4v) is 3.72. The largest absolute Gasteiger partial charge is 0.492 e. The molecule has 3 rings (SSSR count). The maximum atomic E-state index is 6.13. The summed E-state index contributed by atoms with van der Waals surface area (Å²) < 4.78 is 5.86. The summed E-state index contributed by atoms with van der Waals surface area (Å²) in [6, 6.07) is 8.42. The summed E-state index contributed by atoms with van der Waals surface area (Å²) >= 11 is 0. The molecular formula is C17H26N2O. The van der Waals surface area contributed by atoms with Crippen LogP contribution >= 0.6 is 0 Å². The van der Waals surface area contributed by atoms with E-state index in [-0.39, 0.29) is 0 Å². The number of benzene rings is 1. The first-order valence-electron chi connectivity index (χ1n) is 7.94. The van der Waals surface area contributed by atoms with E-state index in [1.165, 1.54) is 37.7 Å². The number of fused-ring (bicyclic) bond motifs is 1. The first kappa shape index (κ1) is 13.9. The van der Waals surface area contributed by atoms with Crippen molar-refractivity contribution in [2.24, 2.45) is 11.1 Å². The fraction of sp³-hybridized carbons (Fsp3) is 0.647. The number of hydrogen-bond acceptors (Lipinski definition) is 3. The van der Waals surface area contributed by atoms with Gasteiger partial charge in [0.25, 0.3) is 0 Å². The maximum Gasteiger partial charge on any atom is 0.123 e. The van der Waals surface area contributed by atoms with Crippen molar-refractivity contribution in [2.75, 3.05) is 26.2 Å². The standard InChI is InChI=1S/C17H26N2O/c18-13-17(8-4-1-5-9-17)14-19-10-11-20-16-7-3-2-6-15(16)12-19/h2-3,6-7H,1,4-5,8-14,18H2. The Hall–Kier alpha value is -1.06. The summed E-state index contributed by atoms with van der Waals surface area (Å²) in [5, 5.41) is 0. The molecule has 0 spiro atoms.